The van der Waals surface area contributed by atoms with E-state index in [1.54, 1.807) is 0 Å². The third-order valence-electron chi connectivity index (χ3n) is 2.31. The third kappa shape index (κ3) is 1.63. The van der Waals surface area contributed by atoms with Gasteiger partial charge in [-0.25, -0.2) is 0 Å². The van der Waals surface area contributed by atoms with Crippen molar-refractivity contribution in [1.82, 2.24) is 0 Å². The summed E-state index contributed by atoms with van der Waals surface area (Å²) in [5.74, 6) is 0. The van der Waals surface area contributed by atoms with E-state index in [2.05, 4.69) is 38.0 Å². The van der Waals surface area contributed by atoms with Crippen molar-refractivity contribution in [3.8, 4) is 0 Å². The van der Waals surface area contributed by atoms with Gasteiger partial charge in [-0.1, -0.05) is 0 Å². The number of hydrogen-bond donors (Lipinski definition) is 0. The van der Waals surface area contributed by atoms with Crippen LogP contribution in [0.4, 0.5) is 5.00 Å². The van der Waals surface area contributed by atoms with Gasteiger partial charge in [-0.05, 0) is 44.2 Å². The number of thiophene rings is 1. The first-order chi connectivity index (χ1) is 5.70. The van der Waals surface area contributed by atoms with Crippen LogP contribution in [-0.2, 0) is 0 Å². The van der Waals surface area contributed by atoms with Gasteiger partial charge in [0, 0.05) is 13.1 Å². The monoisotopic (exact) mass is 183 g/mol. The molecule has 1 aromatic heterocycles. The smallest absolute Gasteiger partial charge is 0.0940 e. The van der Waals surface area contributed by atoms with Crippen molar-refractivity contribution in [3.63, 3.8) is 0 Å². The molecule has 0 bridgehead atoms. The zero-order chi connectivity index (χ0) is 9.14. The van der Waals surface area contributed by atoms with Crippen molar-refractivity contribution in [2.45, 2.75) is 27.7 Å². The molecule has 1 aromatic rings. The summed E-state index contributed by atoms with van der Waals surface area (Å²) in [5, 5.41) is 3.68. The predicted molar refractivity (Wildman–Crippen MR) is 57.4 cm³/mol. The molecule has 2 heteroatoms. The lowest BCUT2D eigenvalue weighted by molar-refractivity contribution is 0.872. The maximum absolute atomic E-state index is 2.41. The van der Waals surface area contributed by atoms with E-state index in [0.717, 1.165) is 13.1 Å². The minimum absolute atomic E-state index is 1.11. The Morgan fingerprint density at radius 1 is 1.25 bits per heavy atom. The molecule has 68 valence electrons. The predicted octanol–water partition coefficient (Wildman–Crippen LogP) is 3.21. The maximum Gasteiger partial charge on any atom is 0.0940 e. The molecule has 0 aliphatic rings. The fourth-order valence-corrected chi connectivity index (χ4v) is 2.52. The van der Waals surface area contributed by atoms with Crippen LogP contribution in [0.1, 0.15) is 25.0 Å². The molecule has 0 fully saturated rings. The lowest BCUT2D eigenvalue weighted by Gasteiger charge is -2.19. The number of anilines is 1. The maximum atomic E-state index is 2.41. The fourth-order valence-electron chi connectivity index (χ4n) is 1.31. The van der Waals surface area contributed by atoms with Crippen molar-refractivity contribution in [2.24, 2.45) is 0 Å². The molecule has 0 amide bonds. The van der Waals surface area contributed by atoms with Crippen LogP contribution in [0.2, 0.25) is 0 Å². The van der Waals surface area contributed by atoms with Crippen LogP contribution in [0.25, 0.3) is 0 Å². The number of hydrogen-bond acceptors (Lipinski definition) is 2. The van der Waals surface area contributed by atoms with Gasteiger partial charge in [0.2, 0.25) is 0 Å². The molecule has 0 unspecified atom stereocenters. The second-order valence-electron chi connectivity index (χ2n) is 3.02. The summed E-state index contributed by atoms with van der Waals surface area (Å²) in [7, 11) is 0. The second-order valence-corrected chi connectivity index (χ2v) is 3.88. The van der Waals surface area contributed by atoms with Gasteiger partial charge in [-0.3, -0.25) is 0 Å². The van der Waals surface area contributed by atoms with Crippen LogP contribution in [0.5, 0.6) is 0 Å². The van der Waals surface area contributed by atoms with Gasteiger partial charge in [-0.2, -0.15) is 0 Å². The van der Waals surface area contributed by atoms with Crippen molar-refractivity contribution >= 4 is 16.3 Å². The Hall–Kier alpha value is -0.500. The summed E-state index contributed by atoms with van der Waals surface area (Å²) in [6.07, 6.45) is 0. The van der Waals surface area contributed by atoms with Gasteiger partial charge >= 0.3 is 0 Å². The zero-order valence-corrected chi connectivity index (χ0v) is 9.16. The highest BCUT2D eigenvalue weighted by Gasteiger charge is 2.08. The molecule has 0 aromatic carbocycles. The Bertz CT molecular complexity index is 248. The zero-order valence-electron chi connectivity index (χ0n) is 8.35. The average molecular weight is 183 g/mol. The fraction of sp³-hybridized carbons (Fsp3) is 0.600. The SMILES string of the molecule is CCN(CC)c1scc(C)c1C. The first-order valence-electron chi connectivity index (χ1n) is 4.50. The Kier molecular flexibility index (Phi) is 3.15. The quantitative estimate of drug-likeness (QED) is 0.695. The van der Waals surface area contributed by atoms with Gasteiger partial charge < -0.3 is 4.90 Å². The van der Waals surface area contributed by atoms with Crippen molar-refractivity contribution in [2.75, 3.05) is 18.0 Å². The first-order valence-corrected chi connectivity index (χ1v) is 5.38. The lowest BCUT2D eigenvalue weighted by Crippen LogP contribution is -2.21. The van der Waals surface area contributed by atoms with Crippen LogP contribution >= 0.6 is 11.3 Å². The standard InChI is InChI=1S/C10H17NS/c1-5-11(6-2)10-9(4)8(3)7-12-10/h7H,5-6H2,1-4H3. The average Bonchev–Trinajstić information content (AvgIpc) is 2.38. The Labute approximate surface area is 79.0 Å². The summed E-state index contributed by atoms with van der Waals surface area (Å²) < 4.78 is 0. The molecule has 0 spiro atoms. The highest BCUT2D eigenvalue weighted by molar-refractivity contribution is 7.14. The number of rotatable bonds is 3. The van der Waals surface area contributed by atoms with Crippen LogP contribution in [0.3, 0.4) is 0 Å². The summed E-state index contributed by atoms with van der Waals surface area (Å²) in [6.45, 7) is 11.0. The van der Waals surface area contributed by atoms with Gasteiger partial charge in [-0.15, -0.1) is 11.3 Å². The molecule has 1 nitrogen and oxygen atoms in total. The molecule has 1 rings (SSSR count). The largest absolute Gasteiger partial charge is 0.364 e. The van der Waals surface area contributed by atoms with Crippen molar-refractivity contribution in [1.29, 1.82) is 0 Å². The van der Waals surface area contributed by atoms with E-state index in [1.165, 1.54) is 16.1 Å². The molecule has 1 heterocycles. The van der Waals surface area contributed by atoms with Gasteiger partial charge in [0.25, 0.3) is 0 Å². The van der Waals surface area contributed by atoms with E-state index in [4.69, 9.17) is 0 Å². The topological polar surface area (TPSA) is 3.24 Å². The molecule has 0 aliphatic carbocycles. The van der Waals surface area contributed by atoms with Crippen molar-refractivity contribution < 1.29 is 0 Å². The molecule has 0 saturated heterocycles. The van der Waals surface area contributed by atoms with E-state index in [9.17, 15) is 0 Å². The van der Waals surface area contributed by atoms with E-state index in [0.29, 0.717) is 0 Å². The van der Waals surface area contributed by atoms with E-state index in [-0.39, 0.29) is 0 Å². The van der Waals surface area contributed by atoms with E-state index < -0.39 is 0 Å². The molecular weight excluding hydrogens is 166 g/mol. The minimum Gasteiger partial charge on any atom is -0.364 e. The van der Waals surface area contributed by atoms with Crippen LogP contribution < -0.4 is 4.90 Å². The molecule has 12 heavy (non-hydrogen) atoms. The summed E-state index contributed by atoms with van der Waals surface area (Å²) in [4.78, 5) is 2.41. The lowest BCUT2D eigenvalue weighted by atomic mass is 10.2. The van der Waals surface area contributed by atoms with Crippen LogP contribution in [-0.4, -0.2) is 13.1 Å². The van der Waals surface area contributed by atoms with Crippen LogP contribution in [0.15, 0.2) is 5.38 Å². The molecule has 0 saturated carbocycles. The van der Waals surface area contributed by atoms with E-state index >= 15 is 0 Å². The molecule has 0 radical (unpaired) electrons. The third-order valence-corrected chi connectivity index (χ3v) is 3.57. The molecule has 0 aliphatic heterocycles. The number of aryl methyl sites for hydroxylation is 1. The normalized spacial score (nSPS) is 10.3. The van der Waals surface area contributed by atoms with E-state index in [1.807, 2.05) is 11.3 Å². The molecular formula is C10H17NS. The molecule has 0 N–H and O–H groups in total. The summed E-state index contributed by atoms with van der Waals surface area (Å²) in [5.41, 5.74) is 2.87. The molecule has 0 atom stereocenters. The Balaban J connectivity index is 2.93. The Morgan fingerprint density at radius 3 is 2.17 bits per heavy atom. The van der Waals surface area contributed by atoms with Gasteiger partial charge in [0.05, 0.1) is 5.00 Å². The van der Waals surface area contributed by atoms with Gasteiger partial charge in [0.1, 0.15) is 0 Å². The summed E-state index contributed by atoms with van der Waals surface area (Å²) >= 11 is 1.86. The van der Waals surface area contributed by atoms with Crippen molar-refractivity contribution in [3.05, 3.63) is 16.5 Å². The highest BCUT2D eigenvalue weighted by Crippen LogP contribution is 2.29. The van der Waals surface area contributed by atoms with Crippen LogP contribution in [0, 0.1) is 13.8 Å². The Morgan fingerprint density at radius 2 is 1.83 bits per heavy atom. The number of nitrogens with zero attached hydrogens (tertiary/aromatic N) is 1. The summed E-state index contributed by atoms with van der Waals surface area (Å²) in [6, 6.07) is 0. The first kappa shape index (κ1) is 9.59. The second kappa shape index (κ2) is 3.94. The minimum atomic E-state index is 1.11. The van der Waals surface area contributed by atoms with Gasteiger partial charge in [0.15, 0.2) is 0 Å². The highest BCUT2D eigenvalue weighted by atomic mass is 32.1.